The highest BCUT2D eigenvalue weighted by atomic mass is 32.1. The largest absolute Gasteiger partial charge is 0.469 e. The predicted molar refractivity (Wildman–Crippen MR) is 107 cm³/mol. The number of ether oxygens (including phenoxy) is 1. The van der Waals surface area contributed by atoms with E-state index < -0.39 is 6.04 Å². The summed E-state index contributed by atoms with van der Waals surface area (Å²) in [5.41, 5.74) is 2.97. The topological polar surface area (TPSA) is 68.3 Å². The average molecular weight is 382 g/mol. The highest BCUT2D eigenvalue weighted by molar-refractivity contribution is 7.18. The molecule has 1 atom stereocenters. The first-order valence-electron chi connectivity index (χ1n) is 8.82. The molecule has 0 bridgehead atoms. The van der Waals surface area contributed by atoms with Crippen LogP contribution in [0, 0.1) is 6.92 Å². The molecule has 0 aliphatic heterocycles. The smallest absolute Gasteiger partial charge is 0.307 e. The Morgan fingerprint density at radius 1 is 1.15 bits per heavy atom. The summed E-state index contributed by atoms with van der Waals surface area (Å²) < 4.78 is 5.89. The first-order valence-corrected chi connectivity index (χ1v) is 9.64. The Morgan fingerprint density at radius 3 is 2.59 bits per heavy atom. The van der Waals surface area contributed by atoms with Crippen molar-refractivity contribution in [2.24, 2.45) is 0 Å². The molecule has 2 aromatic carbocycles. The highest BCUT2D eigenvalue weighted by Gasteiger charge is 2.19. The molecule has 0 fully saturated rings. The summed E-state index contributed by atoms with van der Waals surface area (Å²) in [6, 6.07) is 15.3. The second kappa shape index (κ2) is 8.77. The lowest BCUT2D eigenvalue weighted by molar-refractivity contribution is -0.141. The molecule has 1 N–H and O–H groups in total. The van der Waals surface area contributed by atoms with Crippen molar-refractivity contribution in [1.82, 2.24) is 10.3 Å². The summed E-state index contributed by atoms with van der Waals surface area (Å²) in [6.07, 6.45) is 1.000. The molecule has 0 saturated heterocycles. The van der Waals surface area contributed by atoms with Crippen LogP contribution in [0.4, 0.5) is 0 Å². The van der Waals surface area contributed by atoms with Gasteiger partial charge in [0.05, 0.1) is 34.8 Å². The van der Waals surface area contributed by atoms with Gasteiger partial charge in [-0.05, 0) is 24.6 Å². The van der Waals surface area contributed by atoms with Crippen molar-refractivity contribution in [2.45, 2.75) is 32.2 Å². The molecule has 1 amide bonds. The maximum Gasteiger partial charge on any atom is 0.307 e. The zero-order valence-electron chi connectivity index (χ0n) is 15.4. The molecule has 140 valence electrons. The standard InChI is InChI=1S/C21H22N2O3S/c1-14-7-9-15(10-8-14)17(13-21(25)26-2)22-19(24)11-12-20-23-16-5-3-4-6-18(16)27-20/h3-10,17H,11-13H2,1-2H3,(H,22,24). The third kappa shape index (κ3) is 5.14. The van der Waals surface area contributed by atoms with Crippen LogP contribution in [-0.4, -0.2) is 24.0 Å². The number of carbonyl (C=O) groups excluding carboxylic acids is 2. The summed E-state index contributed by atoms with van der Waals surface area (Å²) in [6.45, 7) is 2.00. The first kappa shape index (κ1) is 19.0. The number of carbonyl (C=O) groups is 2. The number of para-hydroxylation sites is 1. The summed E-state index contributed by atoms with van der Waals surface area (Å²) in [4.78, 5) is 28.8. The maximum atomic E-state index is 12.5. The molecular weight excluding hydrogens is 360 g/mol. The van der Waals surface area contributed by atoms with Gasteiger partial charge in [0.25, 0.3) is 0 Å². The molecule has 0 saturated carbocycles. The van der Waals surface area contributed by atoms with Gasteiger partial charge in [-0.15, -0.1) is 11.3 Å². The van der Waals surface area contributed by atoms with E-state index in [0.29, 0.717) is 12.8 Å². The van der Waals surface area contributed by atoms with Gasteiger partial charge in [-0.25, -0.2) is 4.98 Å². The van der Waals surface area contributed by atoms with Crippen LogP contribution in [0.25, 0.3) is 10.2 Å². The van der Waals surface area contributed by atoms with Crippen LogP contribution in [0.2, 0.25) is 0 Å². The number of fused-ring (bicyclic) bond motifs is 1. The Labute approximate surface area is 162 Å². The Balaban J connectivity index is 1.64. The fraction of sp³-hybridized carbons (Fsp3) is 0.286. The normalized spacial score (nSPS) is 11.9. The van der Waals surface area contributed by atoms with Crippen molar-refractivity contribution in [3.8, 4) is 0 Å². The fourth-order valence-electron chi connectivity index (χ4n) is 2.81. The number of esters is 1. The van der Waals surface area contributed by atoms with Crippen molar-refractivity contribution in [3.05, 3.63) is 64.7 Å². The van der Waals surface area contributed by atoms with E-state index in [1.54, 1.807) is 11.3 Å². The number of benzene rings is 2. The average Bonchev–Trinajstić information content (AvgIpc) is 3.09. The monoisotopic (exact) mass is 382 g/mol. The Bertz CT molecular complexity index is 901. The van der Waals surface area contributed by atoms with Crippen LogP contribution in [0.15, 0.2) is 48.5 Å². The number of thiazole rings is 1. The maximum absolute atomic E-state index is 12.5. The molecule has 3 aromatic rings. The van der Waals surface area contributed by atoms with Gasteiger partial charge < -0.3 is 10.1 Å². The van der Waals surface area contributed by atoms with Crippen molar-refractivity contribution in [1.29, 1.82) is 0 Å². The summed E-state index contributed by atoms with van der Waals surface area (Å²) >= 11 is 1.61. The number of amides is 1. The van der Waals surface area contributed by atoms with E-state index in [9.17, 15) is 9.59 Å². The number of methoxy groups -OCH3 is 1. The number of nitrogens with zero attached hydrogens (tertiary/aromatic N) is 1. The van der Waals surface area contributed by atoms with Gasteiger partial charge in [-0.1, -0.05) is 42.0 Å². The quantitative estimate of drug-likeness (QED) is 0.628. The van der Waals surface area contributed by atoms with Crippen LogP contribution in [0.3, 0.4) is 0 Å². The molecule has 3 rings (SSSR count). The lowest BCUT2D eigenvalue weighted by atomic mass is 10.0. The Morgan fingerprint density at radius 2 is 1.89 bits per heavy atom. The Kier molecular flexibility index (Phi) is 6.19. The van der Waals surface area contributed by atoms with Crippen LogP contribution >= 0.6 is 11.3 Å². The molecule has 0 radical (unpaired) electrons. The van der Waals surface area contributed by atoms with E-state index in [4.69, 9.17) is 4.74 Å². The fourth-order valence-corrected chi connectivity index (χ4v) is 3.78. The van der Waals surface area contributed by atoms with Crippen LogP contribution in [0.1, 0.15) is 35.0 Å². The Hall–Kier alpha value is -2.73. The molecule has 1 heterocycles. The number of rotatable bonds is 7. The molecule has 1 aromatic heterocycles. The summed E-state index contributed by atoms with van der Waals surface area (Å²) in [5, 5.41) is 3.90. The number of nitrogens with one attached hydrogen (secondary N) is 1. The molecule has 1 unspecified atom stereocenters. The van der Waals surface area contributed by atoms with Crippen molar-refractivity contribution in [3.63, 3.8) is 0 Å². The molecule has 27 heavy (non-hydrogen) atoms. The number of aromatic nitrogens is 1. The predicted octanol–water partition coefficient (Wildman–Crippen LogP) is 3.96. The molecule has 0 aliphatic carbocycles. The van der Waals surface area contributed by atoms with Crippen LogP contribution in [0.5, 0.6) is 0 Å². The van der Waals surface area contributed by atoms with Gasteiger partial charge in [0.2, 0.25) is 5.91 Å². The van der Waals surface area contributed by atoms with Gasteiger partial charge in [0.15, 0.2) is 0 Å². The van der Waals surface area contributed by atoms with E-state index in [1.807, 2.05) is 55.5 Å². The zero-order chi connectivity index (χ0) is 19.2. The molecule has 0 aliphatic rings. The minimum Gasteiger partial charge on any atom is -0.469 e. The van der Waals surface area contributed by atoms with Gasteiger partial charge in [-0.2, -0.15) is 0 Å². The van der Waals surface area contributed by atoms with Gasteiger partial charge >= 0.3 is 5.97 Å². The molecular formula is C21H22N2O3S. The van der Waals surface area contributed by atoms with Crippen LogP contribution < -0.4 is 5.32 Å². The SMILES string of the molecule is COC(=O)CC(NC(=O)CCc1nc2ccccc2s1)c1ccc(C)cc1. The number of aryl methyl sites for hydroxylation is 2. The highest BCUT2D eigenvalue weighted by Crippen LogP contribution is 2.23. The first-order chi connectivity index (χ1) is 13.0. The molecule has 5 nitrogen and oxygen atoms in total. The molecule has 0 spiro atoms. The molecule has 6 heteroatoms. The summed E-state index contributed by atoms with van der Waals surface area (Å²) in [5.74, 6) is -0.462. The zero-order valence-corrected chi connectivity index (χ0v) is 16.2. The van der Waals surface area contributed by atoms with E-state index in [-0.39, 0.29) is 18.3 Å². The summed E-state index contributed by atoms with van der Waals surface area (Å²) in [7, 11) is 1.35. The van der Waals surface area contributed by atoms with E-state index >= 15 is 0 Å². The van der Waals surface area contributed by atoms with E-state index in [2.05, 4.69) is 10.3 Å². The van der Waals surface area contributed by atoms with Crippen molar-refractivity contribution >= 4 is 33.4 Å². The number of hydrogen-bond donors (Lipinski definition) is 1. The van der Waals surface area contributed by atoms with Crippen molar-refractivity contribution < 1.29 is 14.3 Å². The third-order valence-corrected chi connectivity index (χ3v) is 5.41. The second-order valence-corrected chi connectivity index (χ2v) is 7.50. The minimum absolute atomic E-state index is 0.104. The lowest BCUT2D eigenvalue weighted by Crippen LogP contribution is -2.30. The van der Waals surface area contributed by atoms with Gasteiger partial charge in [-0.3, -0.25) is 9.59 Å². The number of hydrogen-bond acceptors (Lipinski definition) is 5. The lowest BCUT2D eigenvalue weighted by Gasteiger charge is -2.18. The minimum atomic E-state index is -0.402. The second-order valence-electron chi connectivity index (χ2n) is 6.39. The van der Waals surface area contributed by atoms with E-state index in [0.717, 1.165) is 26.4 Å². The van der Waals surface area contributed by atoms with E-state index in [1.165, 1.54) is 7.11 Å². The van der Waals surface area contributed by atoms with Gasteiger partial charge in [0.1, 0.15) is 0 Å². The van der Waals surface area contributed by atoms with Gasteiger partial charge in [0, 0.05) is 12.8 Å². The van der Waals surface area contributed by atoms with Crippen molar-refractivity contribution in [2.75, 3.05) is 7.11 Å². The third-order valence-electron chi connectivity index (χ3n) is 4.32. The van der Waals surface area contributed by atoms with Crippen LogP contribution in [-0.2, 0) is 20.7 Å².